The number of phenolic OH excluding ortho intramolecular Hbond substituents is 1. The number of halogens is 12. The van der Waals surface area contributed by atoms with Crippen LogP contribution < -0.4 is 14.2 Å². The maximum absolute atomic E-state index is 13.2. The van der Waals surface area contributed by atoms with Crippen molar-refractivity contribution in [1.29, 1.82) is 0 Å². The Labute approximate surface area is 281 Å². The summed E-state index contributed by atoms with van der Waals surface area (Å²) < 4.78 is 229. The number of hydrogen-bond donors (Lipinski definition) is 3. The number of aromatic hydroxyl groups is 1. The Kier molecular flexibility index (Phi) is 13.1. The molecule has 0 aliphatic rings. The summed E-state index contributed by atoms with van der Waals surface area (Å²) in [5.74, 6) is -1.96. The number of sulfonamides is 2. The highest BCUT2D eigenvalue weighted by atomic mass is 32.2. The van der Waals surface area contributed by atoms with Gasteiger partial charge in [-0.15, -0.1) is 0 Å². The fraction of sp³-hybridized carbons (Fsp3) is 0.308. The highest BCUT2D eigenvalue weighted by Crippen LogP contribution is 2.41. The van der Waals surface area contributed by atoms with E-state index >= 15 is 0 Å². The van der Waals surface area contributed by atoms with E-state index < -0.39 is 98.8 Å². The minimum atomic E-state index is -6.49. The van der Waals surface area contributed by atoms with Crippen molar-refractivity contribution in [3.8, 4) is 11.5 Å². The average molecular weight is 815 g/mol. The average Bonchev–Trinajstić information content (AvgIpc) is 2.97. The summed E-state index contributed by atoms with van der Waals surface area (Å²) in [4.78, 5) is -0.726. The van der Waals surface area contributed by atoms with E-state index in [4.69, 9.17) is 0 Å². The van der Waals surface area contributed by atoms with Crippen molar-refractivity contribution in [3.05, 3.63) is 89.5 Å². The van der Waals surface area contributed by atoms with E-state index in [-0.39, 0.29) is 0 Å². The third-order valence-electron chi connectivity index (χ3n) is 6.06. The van der Waals surface area contributed by atoms with Gasteiger partial charge in [0.1, 0.15) is 11.5 Å². The Balaban J connectivity index is 0.000000536. The molecule has 25 heteroatoms. The fourth-order valence-electron chi connectivity index (χ4n) is 3.72. The maximum atomic E-state index is 13.2. The molecule has 0 amide bonds. The lowest BCUT2D eigenvalue weighted by Crippen LogP contribution is -2.47. The third-order valence-corrected chi connectivity index (χ3v) is 9.91. The van der Waals surface area contributed by atoms with Crippen LogP contribution >= 0.6 is 0 Å². The molecule has 3 rings (SSSR count). The van der Waals surface area contributed by atoms with Crippen molar-refractivity contribution >= 4 is 29.9 Å². The second-order valence-electron chi connectivity index (χ2n) is 9.85. The monoisotopic (exact) mass is 814 g/mol. The Bertz CT molecular complexity index is 1980. The molecule has 0 fully saturated rings. The largest absolute Gasteiger partial charge is 0.511 e. The number of phenols is 1. The van der Waals surface area contributed by atoms with Crippen molar-refractivity contribution in [1.82, 2.24) is 9.44 Å². The molecule has 10 nitrogen and oxygen atoms in total. The van der Waals surface area contributed by atoms with Crippen LogP contribution in [0.4, 0.5) is 52.7 Å². The quantitative estimate of drug-likeness (QED) is 0.202. The van der Waals surface area contributed by atoms with Crippen LogP contribution in [-0.4, -0.2) is 59.7 Å². The van der Waals surface area contributed by atoms with Gasteiger partial charge in [-0.25, -0.2) is 25.3 Å². The van der Waals surface area contributed by atoms with Gasteiger partial charge in [0.15, 0.2) is 6.61 Å². The van der Waals surface area contributed by atoms with Gasteiger partial charge >= 0.3 is 42.7 Å². The first kappa shape index (κ1) is 43.4. The van der Waals surface area contributed by atoms with Crippen LogP contribution in [0.3, 0.4) is 0 Å². The predicted octanol–water partition coefficient (Wildman–Crippen LogP) is 6.28. The minimum absolute atomic E-state index is 0.685. The zero-order valence-electron chi connectivity index (χ0n) is 24.9. The smallest absolute Gasteiger partial charge is 0.508 e. The molecule has 3 N–H and O–H groups in total. The van der Waals surface area contributed by atoms with Crippen LogP contribution in [0.15, 0.2) is 77.7 Å². The normalized spacial score (nSPS) is 14.6. The summed E-state index contributed by atoms with van der Waals surface area (Å²) in [5, 5.41) is 10.1. The topological polar surface area (TPSA) is 156 Å². The minimum Gasteiger partial charge on any atom is -0.508 e. The van der Waals surface area contributed by atoms with Gasteiger partial charge in [-0.3, -0.25) is 0 Å². The molecule has 0 aliphatic heterocycles. The van der Waals surface area contributed by atoms with Crippen molar-refractivity contribution in [2.24, 2.45) is 0 Å². The second kappa shape index (κ2) is 15.4. The third kappa shape index (κ3) is 11.3. The molecular weight excluding hydrogens is 792 g/mol. The van der Waals surface area contributed by atoms with Gasteiger partial charge in [0.25, 0.3) is 9.84 Å². The lowest BCUT2D eigenvalue weighted by Gasteiger charge is -2.31. The van der Waals surface area contributed by atoms with E-state index in [1.807, 2.05) is 0 Å². The van der Waals surface area contributed by atoms with E-state index in [2.05, 4.69) is 4.74 Å². The first-order valence-electron chi connectivity index (χ1n) is 13.0. The van der Waals surface area contributed by atoms with Gasteiger partial charge in [-0.2, -0.15) is 62.1 Å². The lowest BCUT2D eigenvalue weighted by molar-refractivity contribution is -0.153. The first-order chi connectivity index (χ1) is 22.9. The summed E-state index contributed by atoms with van der Waals surface area (Å²) in [6.45, 7) is -0.401. The molecule has 0 heterocycles. The molecule has 0 saturated carbocycles. The number of nitrogens with one attached hydrogen (secondary N) is 2. The summed E-state index contributed by atoms with van der Waals surface area (Å²) in [6, 6.07) is 6.06. The molecule has 286 valence electrons. The van der Waals surface area contributed by atoms with Crippen LogP contribution in [0.2, 0.25) is 0 Å². The number of sulfone groups is 1. The highest BCUT2D eigenvalue weighted by Gasteiger charge is 2.52. The van der Waals surface area contributed by atoms with Crippen LogP contribution in [0.1, 0.15) is 28.8 Å². The molecule has 0 radical (unpaired) electrons. The van der Waals surface area contributed by atoms with Gasteiger partial charge in [-0.1, -0.05) is 54.1 Å². The Morgan fingerprint density at radius 2 is 1.02 bits per heavy atom. The molecule has 0 unspecified atom stereocenters. The van der Waals surface area contributed by atoms with Gasteiger partial charge in [0.2, 0.25) is 0 Å². The summed E-state index contributed by atoms with van der Waals surface area (Å²) in [7, 11) is -18.1. The lowest BCUT2D eigenvalue weighted by atomic mass is 9.93. The molecule has 0 aliphatic carbocycles. The van der Waals surface area contributed by atoms with Gasteiger partial charge in [0.05, 0.1) is 17.0 Å². The number of benzene rings is 3. The molecule has 0 saturated heterocycles. The van der Waals surface area contributed by atoms with E-state index in [0.717, 1.165) is 64.0 Å². The van der Waals surface area contributed by atoms with E-state index in [1.54, 1.807) is 6.92 Å². The number of aryl methyl sites for hydroxylation is 1. The Morgan fingerprint density at radius 3 is 1.43 bits per heavy atom. The first-order valence-corrected chi connectivity index (χ1v) is 17.5. The standard InChI is InChI=1S/C18H15F9N2O6S2.C8H7F3O2S/c19-16(20,21)9-35-13-8-4-2-6-11(13)15(29-37(33,34)18(25,26)27)14(10-5-1-3-7-12(10)30)28-36(31,32)17(22,23)24;1-6-2-4-7(5-3-6)14(12,13)8(9,10)11/h1-8,14-15,28-30H,9H2;2-5H,1H3/t14-,15-;/m1./s1. The molecule has 0 aromatic heterocycles. The summed E-state index contributed by atoms with van der Waals surface area (Å²) >= 11 is 0. The van der Waals surface area contributed by atoms with E-state index in [0.29, 0.717) is 11.6 Å². The number of ether oxygens (including phenoxy) is 1. The van der Waals surface area contributed by atoms with Crippen LogP contribution in [0, 0.1) is 6.92 Å². The van der Waals surface area contributed by atoms with Crippen molar-refractivity contribution < 1.29 is 87.8 Å². The van der Waals surface area contributed by atoms with Crippen molar-refractivity contribution in [3.63, 3.8) is 0 Å². The Hall–Kier alpha value is -3.81. The molecule has 3 aromatic rings. The van der Waals surface area contributed by atoms with E-state index in [9.17, 15) is 83.0 Å². The van der Waals surface area contributed by atoms with Gasteiger partial charge in [0, 0.05) is 11.1 Å². The van der Waals surface area contributed by atoms with Gasteiger partial charge in [-0.05, 0) is 31.2 Å². The number of para-hydroxylation sites is 2. The SMILES string of the molecule is Cc1ccc(S(=O)(=O)C(F)(F)F)cc1.O=S(=O)(N[C@H](c1ccccc1O)[C@H](NS(=O)(=O)C(F)(F)F)c1ccccc1OCC(F)(F)F)C(F)(F)F. The van der Waals surface area contributed by atoms with Crippen LogP contribution in [0.5, 0.6) is 11.5 Å². The second-order valence-corrected chi connectivity index (χ2v) is 15.2. The van der Waals surface area contributed by atoms with Crippen molar-refractivity contribution in [2.45, 2.75) is 46.6 Å². The molecule has 2 atom stereocenters. The summed E-state index contributed by atoms with van der Waals surface area (Å²) in [6.07, 6.45) is -5.01. The maximum Gasteiger partial charge on any atom is 0.511 e. The molecule has 51 heavy (non-hydrogen) atoms. The number of hydrogen-bond acceptors (Lipinski definition) is 8. The van der Waals surface area contributed by atoms with E-state index in [1.165, 1.54) is 12.1 Å². The van der Waals surface area contributed by atoms with Crippen LogP contribution in [-0.2, 0) is 29.9 Å². The number of alkyl halides is 12. The molecule has 0 spiro atoms. The fourth-order valence-corrected chi connectivity index (χ4v) is 5.94. The molecular formula is C26H22F12N2O8S3. The summed E-state index contributed by atoms with van der Waals surface area (Å²) in [5.41, 5.74) is -18.5. The molecule has 3 aromatic carbocycles. The molecule has 0 bridgehead atoms. The number of rotatable bonds is 10. The van der Waals surface area contributed by atoms with Crippen LogP contribution in [0.25, 0.3) is 0 Å². The zero-order chi connectivity index (χ0) is 39.4. The Morgan fingerprint density at radius 1 is 0.608 bits per heavy atom. The highest BCUT2D eigenvalue weighted by molar-refractivity contribution is 7.92. The van der Waals surface area contributed by atoms with Gasteiger partial charge < -0.3 is 9.84 Å². The zero-order valence-corrected chi connectivity index (χ0v) is 27.3. The predicted molar refractivity (Wildman–Crippen MR) is 152 cm³/mol. The van der Waals surface area contributed by atoms with Crippen molar-refractivity contribution in [2.75, 3.05) is 6.61 Å².